The lowest BCUT2D eigenvalue weighted by atomic mass is 9.91. The predicted molar refractivity (Wildman–Crippen MR) is 129 cm³/mol. The standard InChI is InChI=1S/C24H34N8O/c1-24(2,3)20-14-21(29-28-20)26-22-18-9-6-12-32(18)30-23(27-22)31-11-5-8-17(31)19(33)13-16-7-4-10-25-15-16/h6,9,12,14,16-17,25H,4-5,7-8,10-11,13,15H2,1-3H3,(H2,26,27,28,29,30)/t16?,17-/m0/s1. The first-order chi connectivity index (χ1) is 15.9. The largest absolute Gasteiger partial charge is 0.329 e. The van der Waals surface area contributed by atoms with E-state index in [0.29, 0.717) is 35.7 Å². The van der Waals surface area contributed by atoms with E-state index in [1.807, 2.05) is 28.9 Å². The number of aromatic amines is 1. The molecule has 9 nitrogen and oxygen atoms in total. The van der Waals surface area contributed by atoms with Crippen molar-refractivity contribution in [3.8, 4) is 0 Å². The third-order valence-electron chi connectivity index (χ3n) is 6.78. The Morgan fingerprint density at radius 2 is 2.15 bits per heavy atom. The first-order valence-corrected chi connectivity index (χ1v) is 12.1. The van der Waals surface area contributed by atoms with E-state index >= 15 is 0 Å². The second kappa shape index (κ2) is 8.78. The van der Waals surface area contributed by atoms with Gasteiger partial charge in [-0.1, -0.05) is 20.8 Å². The highest BCUT2D eigenvalue weighted by atomic mass is 16.1. The van der Waals surface area contributed by atoms with Gasteiger partial charge < -0.3 is 15.5 Å². The van der Waals surface area contributed by atoms with Gasteiger partial charge in [0.15, 0.2) is 17.4 Å². The number of Topliss-reactive ketones (excluding diaryl/α,β-unsaturated/α-hetero) is 1. The van der Waals surface area contributed by atoms with Crippen molar-refractivity contribution in [1.82, 2.24) is 30.1 Å². The first-order valence-electron chi connectivity index (χ1n) is 12.1. The zero-order chi connectivity index (χ0) is 23.0. The van der Waals surface area contributed by atoms with Crippen LogP contribution < -0.4 is 15.5 Å². The van der Waals surface area contributed by atoms with E-state index in [-0.39, 0.29) is 11.5 Å². The maximum Gasteiger partial charge on any atom is 0.246 e. The number of hydrogen-bond donors (Lipinski definition) is 3. The first kappa shape index (κ1) is 21.9. The van der Waals surface area contributed by atoms with E-state index in [9.17, 15) is 4.79 Å². The zero-order valence-corrected chi connectivity index (χ0v) is 19.8. The number of piperidine rings is 1. The Hall–Kier alpha value is -2.94. The van der Waals surface area contributed by atoms with Gasteiger partial charge in [-0.3, -0.25) is 9.89 Å². The number of fused-ring (bicyclic) bond motifs is 1. The summed E-state index contributed by atoms with van der Waals surface area (Å²) >= 11 is 0. The summed E-state index contributed by atoms with van der Waals surface area (Å²) in [5.41, 5.74) is 1.90. The van der Waals surface area contributed by atoms with Gasteiger partial charge in [-0.15, -0.1) is 5.10 Å². The molecule has 3 N–H and O–H groups in total. The van der Waals surface area contributed by atoms with Gasteiger partial charge in [-0.05, 0) is 56.8 Å². The Morgan fingerprint density at radius 1 is 1.27 bits per heavy atom. The number of carbonyl (C=O) groups excluding carboxylic acids is 1. The molecule has 2 saturated heterocycles. The van der Waals surface area contributed by atoms with Crippen LogP contribution in [-0.2, 0) is 10.2 Å². The van der Waals surface area contributed by atoms with E-state index in [0.717, 1.165) is 56.5 Å². The van der Waals surface area contributed by atoms with Gasteiger partial charge in [0.05, 0.1) is 6.04 Å². The van der Waals surface area contributed by atoms with Gasteiger partial charge >= 0.3 is 0 Å². The monoisotopic (exact) mass is 450 g/mol. The molecule has 3 aromatic heterocycles. The lowest BCUT2D eigenvalue weighted by Crippen LogP contribution is -2.40. The van der Waals surface area contributed by atoms with Crippen molar-refractivity contribution in [2.75, 3.05) is 29.9 Å². The molecule has 2 aliphatic heterocycles. The van der Waals surface area contributed by atoms with E-state index < -0.39 is 0 Å². The molecule has 0 saturated carbocycles. The number of rotatable bonds is 6. The highest BCUT2D eigenvalue weighted by Crippen LogP contribution is 2.29. The molecule has 5 rings (SSSR count). The SMILES string of the molecule is CC(C)(C)c1cc(Nc2nc(N3CCC[C@H]3C(=O)CC3CCCNC3)nn3cccc23)n[nH]1. The Labute approximate surface area is 194 Å². The van der Waals surface area contributed by atoms with Gasteiger partial charge in [-0.25, -0.2) is 4.52 Å². The second-order valence-electron chi connectivity index (χ2n) is 10.4. The number of anilines is 3. The molecule has 0 spiro atoms. The maximum absolute atomic E-state index is 13.2. The summed E-state index contributed by atoms with van der Waals surface area (Å²) < 4.78 is 1.83. The number of nitrogens with zero attached hydrogens (tertiary/aromatic N) is 5. The number of carbonyl (C=O) groups is 1. The summed E-state index contributed by atoms with van der Waals surface area (Å²) in [6.45, 7) is 9.24. The topological polar surface area (TPSA) is 103 Å². The zero-order valence-electron chi connectivity index (χ0n) is 19.8. The fourth-order valence-corrected chi connectivity index (χ4v) is 4.89. The summed E-state index contributed by atoms with van der Waals surface area (Å²) in [4.78, 5) is 20.2. The lowest BCUT2D eigenvalue weighted by molar-refractivity contribution is -0.121. The highest BCUT2D eigenvalue weighted by molar-refractivity contribution is 5.87. The van der Waals surface area contributed by atoms with Crippen LogP contribution >= 0.6 is 0 Å². The van der Waals surface area contributed by atoms with Gasteiger partial charge in [0.1, 0.15) is 5.52 Å². The minimum Gasteiger partial charge on any atom is -0.329 e. The predicted octanol–water partition coefficient (Wildman–Crippen LogP) is 3.42. The molecule has 0 aliphatic carbocycles. The molecule has 3 aromatic rings. The van der Waals surface area contributed by atoms with Crippen LogP contribution in [0.4, 0.5) is 17.6 Å². The van der Waals surface area contributed by atoms with Crippen LogP contribution in [0.2, 0.25) is 0 Å². The number of nitrogens with one attached hydrogen (secondary N) is 3. The van der Waals surface area contributed by atoms with Crippen LogP contribution in [0.25, 0.3) is 5.52 Å². The molecule has 2 atom stereocenters. The van der Waals surface area contributed by atoms with Crippen LogP contribution in [0.1, 0.15) is 58.6 Å². The molecule has 2 aliphatic rings. The van der Waals surface area contributed by atoms with E-state index in [4.69, 9.17) is 10.1 Å². The number of aromatic nitrogens is 5. The minimum absolute atomic E-state index is 0.0227. The van der Waals surface area contributed by atoms with Crippen LogP contribution in [0.5, 0.6) is 0 Å². The van der Waals surface area contributed by atoms with Crippen LogP contribution in [0.3, 0.4) is 0 Å². The fraction of sp³-hybridized carbons (Fsp3) is 0.583. The summed E-state index contributed by atoms with van der Waals surface area (Å²) in [6, 6.07) is 5.80. The van der Waals surface area contributed by atoms with Gasteiger partial charge in [-0.2, -0.15) is 10.1 Å². The van der Waals surface area contributed by atoms with Gasteiger partial charge in [0.2, 0.25) is 5.95 Å². The van der Waals surface area contributed by atoms with Crippen molar-refractivity contribution in [1.29, 1.82) is 0 Å². The molecular weight excluding hydrogens is 416 g/mol. The smallest absolute Gasteiger partial charge is 0.246 e. The molecule has 0 bridgehead atoms. The quantitative estimate of drug-likeness (QED) is 0.529. The van der Waals surface area contributed by atoms with Crippen molar-refractivity contribution < 1.29 is 4.79 Å². The molecular formula is C24H34N8O. The Kier molecular flexibility index (Phi) is 5.82. The molecule has 5 heterocycles. The molecule has 9 heteroatoms. The fourth-order valence-electron chi connectivity index (χ4n) is 4.89. The maximum atomic E-state index is 13.2. The molecule has 0 aromatic carbocycles. The molecule has 2 fully saturated rings. The van der Waals surface area contributed by atoms with E-state index in [2.05, 4.69) is 46.5 Å². The number of H-pyrrole nitrogens is 1. The number of ketones is 1. The Bertz CT molecular complexity index is 1120. The average molecular weight is 451 g/mol. The van der Waals surface area contributed by atoms with Crippen LogP contribution in [0, 0.1) is 5.92 Å². The molecule has 0 amide bonds. The van der Waals surface area contributed by atoms with Crippen molar-refractivity contribution >= 4 is 28.9 Å². The second-order valence-corrected chi connectivity index (χ2v) is 10.4. The minimum atomic E-state index is -0.148. The van der Waals surface area contributed by atoms with E-state index in [1.165, 1.54) is 0 Å². The van der Waals surface area contributed by atoms with Crippen molar-refractivity contribution in [2.24, 2.45) is 5.92 Å². The Balaban J connectivity index is 1.40. The lowest BCUT2D eigenvalue weighted by Gasteiger charge is -2.27. The van der Waals surface area contributed by atoms with Crippen LogP contribution in [0.15, 0.2) is 24.4 Å². The molecule has 33 heavy (non-hydrogen) atoms. The van der Waals surface area contributed by atoms with Crippen molar-refractivity contribution in [2.45, 2.75) is 64.3 Å². The summed E-state index contributed by atoms with van der Waals surface area (Å²) in [7, 11) is 0. The summed E-state index contributed by atoms with van der Waals surface area (Å²) in [5.74, 6) is 2.74. The molecule has 0 radical (unpaired) electrons. The normalized spacial score (nSPS) is 21.6. The molecule has 1 unspecified atom stereocenters. The average Bonchev–Trinajstić information content (AvgIpc) is 3.54. The van der Waals surface area contributed by atoms with Crippen molar-refractivity contribution in [3.05, 3.63) is 30.1 Å². The third kappa shape index (κ3) is 4.59. The van der Waals surface area contributed by atoms with Crippen LogP contribution in [-0.4, -0.2) is 56.3 Å². The Morgan fingerprint density at radius 3 is 2.91 bits per heavy atom. The highest BCUT2D eigenvalue weighted by Gasteiger charge is 2.34. The summed E-state index contributed by atoms with van der Waals surface area (Å²) in [6.07, 6.45) is 6.67. The number of hydrogen-bond acceptors (Lipinski definition) is 7. The molecule has 176 valence electrons. The van der Waals surface area contributed by atoms with Gasteiger partial charge in [0.25, 0.3) is 0 Å². The van der Waals surface area contributed by atoms with Gasteiger partial charge in [0, 0.05) is 36.3 Å². The third-order valence-corrected chi connectivity index (χ3v) is 6.78. The summed E-state index contributed by atoms with van der Waals surface area (Å²) in [5, 5.41) is 19.1. The van der Waals surface area contributed by atoms with E-state index in [1.54, 1.807) is 0 Å². The van der Waals surface area contributed by atoms with Crippen molar-refractivity contribution in [3.63, 3.8) is 0 Å².